The average Bonchev–Trinajstić information content (AvgIpc) is 2.80. The summed E-state index contributed by atoms with van der Waals surface area (Å²) in [5.74, 6) is 0.454. The Hall–Kier alpha value is -1.33. The summed E-state index contributed by atoms with van der Waals surface area (Å²) in [6.07, 6.45) is 3.44. The summed E-state index contributed by atoms with van der Waals surface area (Å²) in [7, 11) is -2.96. The highest BCUT2D eigenvalue weighted by Gasteiger charge is 2.12. The van der Waals surface area contributed by atoms with Crippen molar-refractivity contribution in [2.45, 2.75) is 39.3 Å². The summed E-state index contributed by atoms with van der Waals surface area (Å²) in [6.45, 7) is 4.38. The van der Waals surface area contributed by atoms with Crippen LogP contribution >= 0.6 is 0 Å². The molecule has 1 aromatic heterocycles. The van der Waals surface area contributed by atoms with Crippen LogP contribution in [0.1, 0.15) is 25.8 Å². The van der Waals surface area contributed by atoms with Crippen LogP contribution in [-0.4, -0.2) is 30.5 Å². The molecule has 1 atom stereocenters. The Bertz CT molecular complexity index is 702. The fraction of sp³-hybridized carbons (Fsp3) is 0.500. The Labute approximate surface area is 126 Å². The molecule has 0 bridgehead atoms. The molecule has 0 saturated heterocycles. The largest absolute Gasteiger partial charge is 0.346 e. The lowest BCUT2D eigenvalue weighted by Crippen LogP contribution is -2.19. The number of aryl methyl sites for hydroxylation is 1. The highest BCUT2D eigenvalue weighted by atomic mass is 32.2. The van der Waals surface area contributed by atoms with Crippen LogP contribution in [0.3, 0.4) is 0 Å². The van der Waals surface area contributed by atoms with E-state index >= 15 is 0 Å². The minimum Gasteiger partial charge on any atom is -0.346 e. The molecule has 0 aliphatic rings. The molecule has 0 aliphatic heterocycles. The molecule has 2 rings (SSSR count). The number of aromatic nitrogens is 1. The molecule has 4 nitrogen and oxygen atoms in total. The number of nitrogens with two attached hydrogens (primary N) is 1. The van der Waals surface area contributed by atoms with Crippen molar-refractivity contribution in [1.82, 2.24) is 4.57 Å². The predicted octanol–water partition coefficient (Wildman–Crippen LogP) is 2.36. The first kappa shape index (κ1) is 16.0. The summed E-state index contributed by atoms with van der Waals surface area (Å²) in [6, 6.07) is 8.27. The molecule has 0 fully saturated rings. The molecule has 0 amide bonds. The second-order valence-corrected chi connectivity index (χ2v) is 8.00. The Kier molecular flexibility index (Phi) is 5.06. The third-order valence-electron chi connectivity index (χ3n) is 3.57. The molecule has 5 heteroatoms. The molecule has 1 heterocycles. The van der Waals surface area contributed by atoms with Crippen LogP contribution in [0.5, 0.6) is 0 Å². The molecular formula is C16H24N2O2S. The summed E-state index contributed by atoms with van der Waals surface area (Å²) < 4.78 is 25.8. The maximum absolute atomic E-state index is 11.9. The van der Waals surface area contributed by atoms with Gasteiger partial charge in [0, 0.05) is 24.5 Å². The zero-order valence-corrected chi connectivity index (χ0v) is 13.6. The van der Waals surface area contributed by atoms with Crippen LogP contribution in [-0.2, 0) is 22.8 Å². The molecule has 1 aromatic carbocycles. The van der Waals surface area contributed by atoms with Crippen molar-refractivity contribution in [3.63, 3.8) is 0 Å². The van der Waals surface area contributed by atoms with Gasteiger partial charge < -0.3 is 10.3 Å². The molecule has 1 unspecified atom stereocenters. The highest BCUT2D eigenvalue weighted by molar-refractivity contribution is 7.91. The Balaban J connectivity index is 2.28. The minimum absolute atomic E-state index is 0.0859. The quantitative estimate of drug-likeness (QED) is 0.854. The first-order chi connectivity index (χ1) is 9.93. The number of hydrogen-bond donors (Lipinski definition) is 1. The van der Waals surface area contributed by atoms with E-state index in [1.54, 1.807) is 0 Å². The normalized spacial score (nSPS) is 13.7. The lowest BCUT2D eigenvalue weighted by Gasteiger charge is -2.12. The average molecular weight is 308 g/mol. The second-order valence-electron chi connectivity index (χ2n) is 5.70. The van der Waals surface area contributed by atoms with Gasteiger partial charge in [-0.2, -0.15) is 0 Å². The van der Waals surface area contributed by atoms with Crippen molar-refractivity contribution in [3.8, 4) is 0 Å². The summed E-state index contributed by atoms with van der Waals surface area (Å²) >= 11 is 0. The van der Waals surface area contributed by atoms with Crippen LogP contribution < -0.4 is 5.73 Å². The van der Waals surface area contributed by atoms with Crippen LogP contribution in [0.25, 0.3) is 10.9 Å². The van der Waals surface area contributed by atoms with Gasteiger partial charge in [0.15, 0.2) is 9.84 Å². The van der Waals surface area contributed by atoms with Crippen molar-refractivity contribution >= 4 is 20.7 Å². The topological polar surface area (TPSA) is 65.1 Å². The van der Waals surface area contributed by atoms with Crippen LogP contribution in [0.4, 0.5) is 0 Å². The molecular weight excluding hydrogens is 284 g/mol. The number of nitrogens with zero attached hydrogens (tertiary/aromatic N) is 1. The molecule has 0 radical (unpaired) electrons. The number of benzene rings is 1. The Morgan fingerprint density at radius 3 is 2.67 bits per heavy atom. The maximum atomic E-state index is 11.9. The number of fused-ring (bicyclic) bond motifs is 1. The molecule has 0 spiro atoms. The number of hydrogen-bond acceptors (Lipinski definition) is 3. The number of sulfone groups is 1. The fourth-order valence-corrected chi connectivity index (χ4v) is 3.99. The monoisotopic (exact) mass is 308 g/mol. The lowest BCUT2D eigenvalue weighted by molar-refractivity contribution is 0.588. The van der Waals surface area contributed by atoms with E-state index in [4.69, 9.17) is 5.73 Å². The molecule has 21 heavy (non-hydrogen) atoms. The van der Waals surface area contributed by atoms with Gasteiger partial charge in [-0.1, -0.05) is 25.1 Å². The summed E-state index contributed by atoms with van der Waals surface area (Å²) in [5.41, 5.74) is 8.21. The molecule has 0 saturated carbocycles. The van der Waals surface area contributed by atoms with Crippen molar-refractivity contribution < 1.29 is 8.42 Å². The SMILES string of the molecule is CCCS(=O)(=O)CCn1ccc2cccc(CC(C)N)c21. The van der Waals surface area contributed by atoms with E-state index in [0.717, 1.165) is 17.3 Å². The van der Waals surface area contributed by atoms with Gasteiger partial charge in [-0.25, -0.2) is 8.42 Å². The maximum Gasteiger partial charge on any atom is 0.152 e. The van der Waals surface area contributed by atoms with Crippen molar-refractivity contribution in [2.24, 2.45) is 5.73 Å². The molecule has 0 aliphatic carbocycles. The van der Waals surface area contributed by atoms with Crippen molar-refractivity contribution in [3.05, 3.63) is 36.0 Å². The second kappa shape index (κ2) is 6.62. The molecule has 116 valence electrons. The Morgan fingerprint density at radius 1 is 1.24 bits per heavy atom. The fourth-order valence-electron chi connectivity index (χ4n) is 2.69. The van der Waals surface area contributed by atoms with Crippen LogP contribution in [0, 0.1) is 0 Å². The third-order valence-corrected chi connectivity index (χ3v) is 5.41. The van der Waals surface area contributed by atoms with Gasteiger partial charge in [-0.05, 0) is 36.8 Å². The molecule has 2 aromatic rings. The van der Waals surface area contributed by atoms with E-state index in [1.807, 2.05) is 36.7 Å². The minimum atomic E-state index is -2.96. The third kappa shape index (κ3) is 4.08. The van der Waals surface area contributed by atoms with E-state index in [1.165, 1.54) is 5.56 Å². The van der Waals surface area contributed by atoms with Gasteiger partial charge in [-0.3, -0.25) is 0 Å². The summed E-state index contributed by atoms with van der Waals surface area (Å²) in [4.78, 5) is 0. The van der Waals surface area contributed by atoms with Gasteiger partial charge in [0.1, 0.15) is 0 Å². The first-order valence-corrected chi connectivity index (χ1v) is 9.28. The standard InChI is InChI=1S/C16H24N2O2S/c1-3-10-21(19,20)11-9-18-8-7-14-5-4-6-15(16(14)18)12-13(2)17/h4-8,13H,3,9-12,17H2,1-2H3. The van der Waals surface area contributed by atoms with Gasteiger partial charge >= 0.3 is 0 Å². The zero-order valence-electron chi connectivity index (χ0n) is 12.7. The Morgan fingerprint density at radius 2 is 2.00 bits per heavy atom. The van der Waals surface area contributed by atoms with E-state index in [2.05, 4.69) is 12.1 Å². The highest BCUT2D eigenvalue weighted by Crippen LogP contribution is 2.21. The van der Waals surface area contributed by atoms with Crippen LogP contribution in [0.2, 0.25) is 0 Å². The number of para-hydroxylation sites is 1. The number of rotatable bonds is 7. The first-order valence-electron chi connectivity index (χ1n) is 7.45. The smallest absolute Gasteiger partial charge is 0.152 e. The molecule has 2 N–H and O–H groups in total. The van der Waals surface area contributed by atoms with Gasteiger partial charge in [0.25, 0.3) is 0 Å². The van der Waals surface area contributed by atoms with Crippen LogP contribution in [0.15, 0.2) is 30.5 Å². The zero-order chi connectivity index (χ0) is 15.5. The lowest BCUT2D eigenvalue weighted by atomic mass is 10.0. The van der Waals surface area contributed by atoms with E-state index in [0.29, 0.717) is 13.0 Å². The van der Waals surface area contributed by atoms with Gasteiger partial charge in [0.05, 0.1) is 11.3 Å². The van der Waals surface area contributed by atoms with Crippen molar-refractivity contribution in [1.29, 1.82) is 0 Å². The predicted molar refractivity (Wildman–Crippen MR) is 88.2 cm³/mol. The van der Waals surface area contributed by atoms with E-state index in [-0.39, 0.29) is 17.5 Å². The van der Waals surface area contributed by atoms with Gasteiger partial charge in [0.2, 0.25) is 0 Å². The van der Waals surface area contributed by atoms with E-state index < -0.39 is 9.84 Å². The summed E-state index contributed by atoms with van der Waals surface area (Å²) in [5, 5.41) is 1.14. The van der Waals surface area contributed by atoms with Gasteiger partial charge in [-0.15, -0.1) is 0 Å². The van der Waals surface area contributed by atoms with Crippen molar-refractivity contribution in [2.75, 3.05) is 11.5 Å². The van der Waals surface area contributed by atoms with E-state index in [9.17, 15) is 8.42 Å².